The molecule has 0 amide bonds. The molecule has 0 aliphatic rings. The monoisotopic (exact) mass is 265 g/mol. The quantitative estimate of drug-likeness (QED) is 0.632. The minimum absolute atomic E-state index is 0.120. The Morgan fingerprint density at radius 1 is 1.33 bits per heavy atom. The van der Waals surface area contributed by atoms with Crippen LogP contribution in [-0.4, -0.2) is 11.0 Å². The lowest BCUT2D eigenvalue weighted by Crippen LogP contribution is -2.06. The molecule has 0 aliphatic heterocycles. The number of halogens is 2. The molecule has 5 heteroatoms. The summed E-state index contributed by atoms with van der Waals surface area (Å²) in [5.41, 5.74) is 0.609. The van der Waals surface area contributed by atoms with Crippen molar-refractivity contribution in [3.8, 4) is 0 Å². The number of ether oxygens (including phenoxy) is 1. The molecule has 0 saturated heterocycles. The number of carbonyl (C=O) groups excluding carboxylic acids is 1. The van der Waals surface area contributed by atoms with Gasteiger partial charge < -0.3 is 4.74 Å². The first kappa shape index (κ1) is 12.5. The van der Waals surface area contributed by atoms with Gasteiger partial charge in [0.2, 0.25) is 0 Å². The van der Waals surface area contributed by atoms with Gasteiger partial charge in [-0.3, -0.25) is 0 Å². The summed E-state index contributed by atoms with van der Waals surface area (Å²) in [6, 6.07) is 8.99. The molecule has 0 N–H and O–H groups in total. The molecule has 0 radical (unpaired) electrons. The van der Waals surface area contributed by atoms with E-state index in [1.807, 2.05) is 0 Å². The van der Waals surface area contributed by atoms with E-state index in [9.17, 15) is 9.18 Å². The molecule has 1 aromatic carbocycles. The van der Waals surface area contributed by atoms with Crippen molar-refractivity contribution < 1.29 is 13.9 Å². The molecule has 0 bridgehead atoms. The fourth-order valence-electron chi connectivity index (χ4n) is 1.37. The SMILES string of the molecule is O=C(OCc1ccccc1F)c1ccnc(Cl)c1. The second kappa shape index (κ2) is 5.60. The van der Waals surface area contributed by atoms with Crippen LogP contribution in [0.2, 0.25) is 5.15 Å². The van der Waals surface area contributed by atoms with Gasteiger partial charge in [0.15, 0.2) is 0 Å². The van der Waals surface area contributed by atoms with Crippen molar-refractivity contribution in [2.24, 2.45) is 0 Å². The van der Waals surface area contributed by atoms with E-state index in [4.69, 9.17) is 16.3 Å². The predicted molar refractivity (Wildman–Crippen MR) is 64.8 cm³/mol. The summed E-state index contributed by atoms with van der Waals surface area (Å²) < 4.78 is 18.3. The van der Waals surface area contributed by atoms with Gasteiger partial charge in [0, 0.05) is 11.8 Å². The number of rotatable bonds is 3. The molecular weight excluding hydrogens is 257 g/mol. The van der Waals surface area contributed by atoms with E-state index in [2.05, 4.69) is 4.98 Å². The van der Waals surface area contributed by atoms with Gasteiger partial charge in [-0.2, -0.15) is 0 Å². The van der Waals surface area contributed by atoms with Crippen LogP contribution in [0.15, 0.2) is 42.6 Å². The maximum absolute atomic E-state index is 13.3. The second-order valence-corrected chi connectivity index (χ2v) is 3.92. The van der Waals surface area contributed by atoms with Gasteiger partial charge in [-0.25, -0.2) is 14.2 Å². The summed E-state index contributed by atoms with van der Waals surface area (Å²) in [5, 5.41) is 0.204. The average Bonchev–Trinajstić information content (AvgIpc) is 2.37. The molecule has 3 nitrogen and oxygen atoms in total. The van der Waals surface area contributed by atoms with E-state index in [0.717, 1.165) is 0 Å². The minimum Gasteiger partial charge on any atom is -0.457 e. The minimum atomic E-state index is -0.567. The normalized spacial score (nSPS) is 10.1. The number of benzene rings is 1. The Labute approximate surface area is 108 Å². The Bertz CT molecular complexity index is 574. The van der Waals surface area contributed by atoms with Crippen molar-refractivity contribution in [3.05, 3.63) is 64.7 Å². The van der Waals surface area contributed by atoms with E-state index in [0.29, 0.717) is 5.56 Å². The first-order valence-corrected chi connectivity index (χ1v) is 5.56. The van der Waals surface area contributed by atoms with E-state index >= 15 is 0 Å². The number of esters is 1. The summed E-state index contributed by atoms with van der Waals surface area (Å²) in [5.74, 6) is -0.972. The van der Waals surface area contributed by atoms with Gasteiger partial charge in [-0.1, -0.05) is 29.8 Å². The van der Waals surface area contributed by atoms with Gasteiger partial charge in [0.25, 0.3) is 0 Å². The average molecular weight is 266 g/mol. The molecule has 1 aromatic heterocycles. The second-order valence-electron chi connectivity index (χ2n) is 3.53. The number of carbonyl (C=O) groups is 1. The molecule has 92 valence electrons. The molecule has 0 aliphatic carbocycles. The third-order valence-electron chi connectivity index (χ3n) is 2.28. The van der Waals surface area contributed by atoms with E-state index in [1.165, 1.54) is 24.4 Å². The standard InChI is InChI=1S/C13H9ClFNO2/c14-12-7-9(5-6-16-12)13(17)18-8-10-3-1-2-4-11(10)15/h1-7H,8H2. The highest BCUT2D eigenvalue weighted by molar-refractivity contribution is 6.29. The topological polar surface area (TPSA) is 39.2 Å². The molecule has 18 heavy (non-hydrogen) atoms. The highest BCUT2D eigenvalue weighted by Crippen LogP contribution is 2.11. The lowest BCUT2D eigenvalue weighted by molar-refractivity contribution is 0.0469. The number of hydrogen-bond donors (Lipinski definition) is 0. The lowest BCUT2D eigenvalue weighted by Gasteiger charge is -2.05. The summed E-state index contributed by atoms with van der Waals surface area (Å²) in [6.45, 7) is -0.120. The van der Waals surface area contributed by atoms with Crippen LogP contribution in [0.3, 0.4) is 0 Å². The highest BCUT2D eigenvalue weighted by Gasteiger charge is 2.09. The van der Waals surface area contributed by atoms with Crippen molar-refractivity contribution in [3.63, 3.8) is 0 Å². The maximum Gasteiger partial charge on any atom is 0.338 e. The fourth-order valence-corrected chi connectivity index (χ4v) is 1.55. The lowest BCUT2D eigenvalue weighted by atomic mass is 10.2. The smallest absolute Gasteiger partial charge is 0.338 e. The molecule has 1 heterocycles. The maximum atomic E-state index is 13.3. The highest BCUT2D eigenvalue weighted by atomic mass is 35.5. The van der Waals surface area contributed by atoms with E-state index < -0.39 is 11.8 Å². The number of hydrogen-bond acceptors (Lipinski definition) is 3. The summed E-state index contributed by atoms with van der Waals surface area (Å²) in [4.78, 5) is 15.4. The summed E-state index contributed by atoms with van der Waals surface area (Å²) >= 11 is 5.65. The number of pyridine rings is 1. The Morgan fingerprint density at radius 3 is 2.83 bits per heavy atom. The van der Waals surface area contributed by atoms with Crippen LogP contribution in [0.25, 0.3) is 0 Å². The third-order valence-corrected chi connectivity index (χ3v) is 2.49. The Morgan fingerprint density at radius 2 is 2.11 bits per heavy atom. The van der Waals surface area contributed by atoms with Crippen molar-refractivity contribution in [2.45, 2.75) is 6.61 Å². The van der Waals surface area contributed by atoms with Crippen LogP contribution in [-0.2, 0) is 11.3 Å². The van der Waals surface area contributed by atoms with Gasteiger partial charge in [0.1, 0.15) is 17.6 Å². The van der Waals surface area contributed by atoms with Crippen molar-refractivity contribution >= 4 is 17.6 Å². The fraction of sp³-hybridized carbons (Fsp3) is 0.0769. The van der Waals surface area contributed by atoms with Gasteiger partial charge in [0.05, 0.1) is 5.56 Å². The zero-order valence-corrected chi connectivity index (χ0v) is 10.0. The molecule has 0 fully saturated rings. The third kappa shape index (κ3) is 3.05. The van der Waals surface area contributed by atoms with Crippen molar-refractivity contribution in [1.29, 1.82) is 0 Å². The summed E-state index contributed by atoms with van der Waals surface area (Å²) in [7, 11) is 0. The van der Waals surface area contributed by atoms with E-state index in [-0.39, 0.29) is 17.3 Å². The van der Waals surface area contributed by atoms with Crippen molar-refractivity contribution in [1.82, 2.24) is 4.98 Å². The van der Waals surface area contributed by atoms with Crippen LogP contribution >= 0.6 is 11.6 Å². The van der Waals surface area contributed by atoms with Crippen LogP contribution in [0.1, 0.15) is 15.9 Å². The Balaban J connectivity index is 2.03. The molecule has 0 spiro atoms. The van der Waals surface area contributed by atoms with Gasteiger partial charge in [-0.15, -0.1) is 0 Å². The Hall–Kier alpha value is -1.94. The van der Waals surface area contributed by atoms with Gasteiger partial charge in [-0.05, 0) is 18.2 Å². The number of nitrogens with zero attached hydrogens (tertiary/aromatic N) is 1. The summed E-state index contributed by atoms with van der Waals surface area (Å²) in [6.07, 6.45) is 1.40. The first-order valence-electron chi connectivity index (χ1n) is 5.19. The molecule has 2 aromatic rings. The van der Waals surface area contributed by atoms with Crippen LogP contribution in [0, 0.1) is 5.82 Å². The predicted octanol–water partition coefficient (Wildman–Crippen LogP) is 3.23. The zero-order chi connectivity index (χ0) is 13.0. The molecule has 0 saturated carbocycles. The van der Waals surface area contributed by atoms with E-state index in [1.54, 1.807) is 18.2 Å². The number of aromatic nitrogens is 1. The van der Waals surface area contributed by atoms with Crippen molar-refractivity contribution in [2.75, 3.05) is 0 Å². The van der Waals surface area contributed by atoms with Gasteiger partial charge >= 0.3 is 5.97 Å². The molecule has 0 unspecified atom stereocenters. The largest absolute Gasteiger partial charge is 0.457 e. The zero-order valence-electron chi connectivity index (χ0n) is 9.27. The molecular formula is C13H9ClFNO2. The molecule has 0 atom stereocenters. The van der Waals surface area contributed by atoms with Crippen LogP contribution in [0.4, 0.5) is 4.39 Å². The molecule has 2 rings (SSSR count). The first-order chi connectivity index (χ1) is 8.66. The van der Waals surface area contributed by atoms with Crippen LogP contribution in [0.5, 0.6) is 0 Å². The Kier molecular flexibility index (Phi) is 3.89. The van der Waals surface area contributed by atoms with Crippen LogP contribution < -0.4 is 0 Å².